The van der Waals surface area contributed by atoms with E-state index in [0.717, 1.165) is 0 Å². The Bertz CT molecular complexity index is 8130. The van der Waals surface area contributed by atoms with Crippen LogP contribution in [0.2, 0.25) is 0 Å². The van der Waals surface area contributed by atoms with E-state index in [1.165, 1.54) is 210 Å². The second kappa shape index (κ2) is 36.8. The van der Waals surface area contributed by atoms with Crippen LogP contribution >= 0.6 is 0 Å². The average Bonchev–Trinajstić information content (AvgIpc) is 1.64. The van der Waals surface area contributed by atoms with Gasteiger partial charge >= 0.3 is 0 Å². The predicted molar refractivity (Wildman–Crippen MR) is 574 cm³/mol. The van der Waals surface area contributed by atoms with Crippen molar-refractivity contribution in [3.05, 3.63) is 436 Å². The smallest absolute Gasteiger partial charge is 0.0490 e. The van der Waals surface area contributed by atoms with E-state index in [4.69, 9.17) is 0 Å². The van der Waals surface area contributed by atoms with Gasteiger partial charge in [-0.25, -0.2) is 0 Å². The van der Waals surface area contributed by atoms with Crippen molar-refractivity contribution in [2.45, 2.75) is 33.1 Å². The highest BCUT2D eigenvalue weighted by molar-refractivity contribution is 6.14. The lowest BCUT2D eigenvalue weighted by Gasteiger charge is -2.23. The summed E-state index contributed by atoms with van der Waals surface area (Å²) in [4.78, 5) is 11.3. The third-order valence-electron chi connectivity index (χ3n) is 27.0. The van der Waals surface area contributed by atoms with Gasteiger partial charge in [0.2, 0.25) is 0 Å². The van der Waals surface area contributed by atoms with Gasteiger partial charge < -0.3 is 47.3 Å². The number of rotatable bonds is 13. The van der Waals surface area contributed by atoms with Gasteiger partial charge in [-0.1, -0.05) is 275 Å². The number of nitrogens with zero attached hydrogens (tertiary/aromatic N) is 10. The minimum absolute atomic E-state index is 0.180. The van der Waals surface area contributed by atoms with Crippen LogP contribution in [-0.2, 0) is 40.7 Å². The van der Waals surface area contributed by atoms with Gasteiger partial charge in [0.05, 0.1) is 0 Å². The summed E-state index contributed by atoms with van der Waals surface area (Å²) in [6.45, 7) is 8.87. The molecule has 0 saturated carbocycles. The van der Waals surface area contributed by atoms with Crippen molar-refractivity contribution in [1.82, 2.24) is 22.8 Å². The number of aromatic nitrogens is 5. The zero-order valence-corrected chi connectivity index (χ0v) is 78.4. The number of anilines is 10. The first-order chi connectivity index (χ1) is 64.7. The van der Waals surface area contributed by atoms with Crippen LogP contribution in [0, 0.1) is 6.92 Å². The fraction of sp³-hybridized carbons (Fsp3) is 0.122. The summed E-state index contributed by atoms with van der Waals surface area (Å²) in [6, 6.07) is 152. The molecule has 0 bridgehead atoms. The van der Waals surface area contributed by atoms with Crippen LogP contribution in [0.25, 0.3) is 142 Å². The van der Waals surface area contributed by atoms with Gasteiger partial charge in [-0.2, -0.15) is 0 Å². The van der Waals surface area contributed by atoms with Crippen molar-refractivity contribution in [3.8, 4) is 33.4 Å². The summed E-state index contributed by atoms with van der Waals surface area (Å²) in [5, 5.41) is 13.0. The largest absolute Gasteiger partial charge is 0.345 e. The molecule has 23 aromatic rings. The maximum atomic E-state index is 2.30. The number of hydrogen-bond donors (Lipinski definition) is 0. The summed E-state index contributed by atoms with van der Waals surface area (Å²) in [5.74, 6) is 0. The van der Waals surface area contributed by atoms with Crippen molar-refractivity contribution in [3.63, 3.8) is 0 Å². The molecule has 0 saturated heterocycles. The van der Waals surface area contributed by atoms with E-state index in [1.54, 1.807) is 0 Å². The van der Waals surface area contributed by atoms with Gasteiger partial charge in [0.15, 0.2) is 0 Å². The van der Waals surface area contributed by atoms with Crippen LogP contribution < -0.4 is 24.5 Å². The van der Waals surface area contributed by atoms with E-state index in [2.05, 4.69) is 570 Å². The molecule has 0 fully saturated rings. The van der Waals surface area contributed by atoms with Gasteiger partial charge in [0.25, 0.3) is 0 Å². The van der Waals surface area contributed by atoms with Crippen LogP contribution in [0.5, 0.6) is 0 Å². The fourth-order valence-corrected chi connectivity index (χ4v) is 19.2. The van der Waals surface area contributed by atoms with Crippen LogP contribution in [-0.4, -0.2) is 58.1 Å². The van der Waals surface area contributed by atoms with E-state index < -0.39 is 0 Å². The van der Waals surface area contributed by atoms with Gasteiger partial charge in [0.1, 0.15) is 0 Å². The van der Waals surface area contributed by atoms with E-state index in [1.807, 2.05) is 0 Å². The first kappa shape index (κ1) is 86.3. The van der Waals surface area contributed by atoms with E-state index in [9.17, 15) is 0 Å². The van der Waals surface area contributed by atoms with Crippen molar-refractivity contribution in [2.24, 2.45) is 35.2 Å². The minimum Gasteiger partial charge on any atom is -0.345 e. The van der Waals surface area contributed by atoms with Gasteiger partial charge in [0, 0.05) is 242 Å². The Morgan fingerprint density at radius 1 is 0.180 bits per heavy atom. The minimum atomic E-state index is 0.180. The van der Waals surface area contributed by atoms with Crippen molar-refractivity contribution < 1.29 is 0 Å². The van der Waals surface area contributed by atoms with Crippen molar-refractivity contribution in [2.75, 3.05) is 59.7 Å². The van der Waals surface area contributed by atoms with Gasteiger partial charge in [-0.05, 0) is 222 Å². The highest BCUT2D eigenvalue weighted by Gasteiger charge is 2.21. The van der Waals surface area contributed by atoms with Gasteiger partial charge in [-0.15, -0.1) is 0 Å². The molecule has 0 unspecified atom stereocenters. The van der Waals surface area contributed by atoms with Gasteiger partial charge in [-0.3, -0.25) is 0 Å². The molecule has 10 heteroatoms. The standard InChI is InChI=1S/3C26H22N2.C24H26N2.C21H20N2/c1-27(24-14-8-6-12-21(24)19-10-4-3-5-11-19)20-16-17-26-23(18-20)22-13-7-9-15-25(22)28(26)2;1-27(21-12-8-11-20(17-21)19-9-4-3-5-10-19)22-15-16-26-24(18-22)23-13-6-7-14-25(23)28(26)2;1-27(21-14-12-20(13-15-21)19-8-4-3-5-9-19)22-16-17-26-24(18-22)23-10-6-7-11-25(23)28(26)2;1-24(2,3)17-10-12-18(13-11-17)25(4)19-14-15-23-21(16-19)20-8-6-7-9-22(20)26(23)5;1-15-8-10-16(11-9-15)22(2)17-12-13-21-19(14-17)18-6-4-5-7-20(18)23(21)3/h3*3-18H,1-2H3;6-16H,1-5H3;4-14H,1-3H3. The predicted octanol–water partition coefficient (Wildman–Crippen LogP) is 32.1. The molecule has 5 heterocycles. The molecule has 0 radical (unpaired) electrons. The molecule has 5 aromatic heterocycles. The molecule has 133 heavy (non-hydrogen) atoms. The number of benzene rings is 18. The molecule has 10 nitrogen and oxygen atoms in total. The summed E-state index contributed by atoms with van der Waals surface area (Å²) >= 11 is 0. The average molecular weight is 1730 g/mol. The zero-order valence-electron chi connectivity index (χ0n) is 78.4. The summed E-state index contributed by atoms with van der Waals surface area (Å²) in [6.07, 6.45) is 0. The quantitative estimate of drug-likeness (QED) is 0.115. The molecule has 0 atom stereocenters. The third kappa shape index (κ3) is 17.1. The Balaban J connectivity index is 0.000000107. The van der Waals surface area contributed by atoms with Crippen LogP contribution in [0.3, 0.4) is 0 Å². The van der Waals surface area contributed by atoms with Crippen molar-refractivity contribution >= 4 is 166 Å². The van der Waals surface area contributed by atoms with Crippen LogP contribution in [0.1, 0.15) is 31.9 Å². The molecule has 0 spiro atoms. The maximum absolute atomic E-state index is 2.30. The molecule has 0 aliphatic rings. The Labute approximate surface area is 780 Å². The van der Waals surface area contributed by atoms with E-state index >= 15 is 0 Å². The number of hydrogen-bond acceptors (Lipinski definition) is 5. The second-order valence-electron chi connectivity index (χ2n) is 36.0. The Morgan fingerprint density at radius 2 is 0.421 bits per heavy atom. The lowest BCUT2D eigenvalue weighted by molar-refractivity contribution is 0.590. The molecule has 23 rings (SSSR count). The van der Waals surface area contributed by atoms with Crippen LogP contribution in [0.4, 0.5) is 56.9 Å². The highest BCUT2D eigenvalue weighted by Crippen LogP contribution is 2.43. The number of para-hydroxylation sites is 6. The first-order valence-corrected chi connectivity index (χ1v) is 45.9. The Hall–Kier alpha value is -16.0. The highest BCUT2D eigenvalue weighted by atomic mass is 15.1. The molecule has 0 aliphatic carbocycles. The summed E-state index contributed by atoms with van der Waals surface area (Å²) in [7, 11) is 21.4. The first-order valence-electron chi connectivity index (χ1n) is 45.9. The molecule has 0 N–H and O–H groups in total. The lowest BCUT2D eigenvalue weighted by Crippen LogP contribution is -2.13. The molecule has 654 valence electrons. The lowest BCUT2D eigenvalue weighted by atomic mass is 9.87. The molecule has 0 aliphatic heterocycles. The number of aryl methyl sites for hydroxylation is 6. The molecular weight excluding hydrogens is 1620 g/mol. The normalized spacial score (nSPS) is 11.4. The monoisotopic (exact) mass is 1730 g/mol. The number of fused-ring (bicyclic) bond motifs is 15. The molecule has 18 aromatic carbocycles. The second-order valence-corrected chi connectivity index (χ2v) is 36.0. The fourth-order valence-electron chi connectivity index (χ4n) is 19.2. The zero-order chi connectivity index (χ0) is 91.7. The van der Waals surface area contributed by atoms with E-state index in [0.29, 0.717) is 0 Å². The maximum Gasteiger partial charge on any atom is 0.0490 e. The summed E-state index contributed by atoms with van der Waals surface area (Å²) in [5.41, 5.74) is 34.9. The molecule has 0 amide bonds. The van der Waals surface area contributed by atoms with Crippen LogP contribution in [0.15, 0.2) is 425 Å². The topological polar surface area (TPSA) is 40.9 Å². The third-order valence-corrected chi connectivity index (χ3v) is 27.0. The van der Waals surface area contributed by atoms with Crippen molar-refractivity contribution in [1.29, 1.82) is 0 Å². The Kier molecular flexibility index (Phi) is 23.9. The molecular formula is C123H112N10. The Morgan fingerprint density at radius 3 is 0.767 bits per heavy atom. The SMILES string of the molecule is CN(c1ccc(-c2ccccc2)cc1)c1ccc2c(c1)c1ccccc1n2C.CN(c1ccc(C(C)(C)C)cc1)c1ccc2c(c1)c1ccccc1n2C.CN(c1ccc2c(c1)c1ccccc1n2C)c1ccccc1-c1ccccc1.CN(c1cccc(-c2ccccc2)c1)c1ccc2c(c1)c1ccccc1n2C.Cc1ccc(N(C)c2ccc3c(c2)c2ccccc2n3C)cc1. The summed E-state index contributed by atoms with van der Waals surface area (Å²) < 4.78 is 11.3. The van der Waals surface area contributed by atoms with E-state index in [-0.39, 0.29) is 5.41 Å².